The molecule has 22 heavy (non-hydrogen) atoms. The van der Waals surface area contributed by atoms with Gasteiger partial charge in [0.25, 0.3) is 0 Å². The average Bonchev–Trinajstić information content (AvgIpc) is 2.96. The van der Waals surface area contributed by atoms with Crippen LogP contribution in [0.3, 0.4) is 0 Å². The second kappa shape index (κ2) is 5.80. The number of aliphatic hydroxyl groups is 1. The number of aliphatic hydroxyl groups excluding tert-OH is 1. The van der Waals surface area contributed by atoms with Crippen molar-refractivity contribution in [2.45, 2.75) is 90.4 Å². The first-order valence-corrected chi connectivity index (χ1v) is 10.3. The Morgan fingerprint density at radius 2 is 1.77 bits per heavy atom. The van der Waals surface area contributed by atoms with Crippen LogP contribution in [0.15, 0.2) is 0 Å². The summed E-state index contributed by atoms with van der Waals surface area (Å²) in [5.74, 6) is 4.14. The third-order valence-electron chi connectivity index (χ3n) is 8.94. The topological polar surface area (TPSA) is 20.2 Å². The lowest BCUT2D eigenvalue weighted by molar-refractivity contribution is -0.109. The molecule has 1 nitrogen and oxygen atoms in total. The van der Waals surface area contributed by atoms with Crippen molar-refractivity contribution in [1.29, 1.82) is 0 Å². The van der Waals surface area contributed by atoms with Crippen LogP contribution in [-0.2, 0) is 0 Å². The Balaban J connectivity index is 1.58. The number of hydrogen-bond acceptors (Lipinski definition) is 1. The van der Waals surface area contributed by atoms with Crippen LogP contribution in [0.25, 0.3) is 0 Å². The van der Waals surface area contributed by atoms with Crippen LogP contribution in [0.1, 0.15) is 90.4 Å². The van der Waals surface area contributed by atoms with E-state index >= 15 is 0 Å². The largest absolute Gasteiger partial charge is 0.396 e. The van der Waals surface area contributed by atoms with Gasteiger partial charge in [0.2, 0.25) is 0 Å². The SMILES string of the molecule is C[C@]12CCCCC1CC[C@H]1[C@@H]3CCC[C@@]3(CCCO)CC[C@@H]12. The fourth-order valence-electron chi connectivity index (χ4n) is 7.96. The van der Waals surface area contributed by atoms with E-state index in [1.165, 1.54) is 77.0 Å². The minimum atomic E-state index is 0.405. The quantitative estimate of drug-likeness (QED) is 0.723. The maximum atomic E-state index is 9.34. The molecule has 0 heterocycles. The van der Waals surface area contributed by atoms with Crippen molar-refractivity contribution in [1.82, 2.24) is 0 Å². The predicted molar refractivity (Wildman–Crippen MR) is 91.6 cm³/mol. The molecule has 0 radical (unpaired) electrons. The third kappa shape index (κ3) is 2.21. The zero-order chi connectivity index (χ0) is 15.2. The van der Waals surface area contributed by atoms with Gasteiger partial charge in [0.05, 0.1) is 0 Å². The first-order chi connectivity index (χ1) is 10.7. The molecule has 0 aromatic rings. The average molecular weight is 305 g/mol. The standard InChI is InChI=1S/C21H36O/c1-20-11-3-2-6-16(20)8-9-17-18(20)10-14-21(13-5-15-22)12-4-7-19(17)21/h16-19,22H,2-15H2,1H3/t16?,17-,18+,19+,20+,21-/m1/s1. The van der Waals surface area contributed by atoms with Crippen LogP contribution in [0.5, 0.6) is 0 Å². The van der Waals surface area contributed by atoms with E-state index in [0.717, 1.165) is 30.1 Å². The van der Waals surface area contributed by atoms with Crippen molar-refractivity contribution < 1.29 is 5.11 Å². The highest BCUT2D eigenvalue weighted by Gasteiger charge is 2.58. The Morgan fingerprint density at radius 3 is 2.64 bits per heavy atom. The van der Waals surface area contributed by atoms with Gasteiger partial charge >= 0.3 is 0 Å². The van der Waals surface area contributed by atoms with Crippen LogP contribution in [0, 0.1) is 34.5 Å². The molecule has 0 aromatic carbocycles. The lowest BCUT2D eigenvalue weighted by Crippen LogP contribution is -2.52. The van der Waals surface area contributed by atoms with Gasteiger partial charge in [-0.2, -0.15) is 0 Å². The van der Waals surface area contributed by atoms with E-state index < -0.39 is 0 Å². The van der Waals surface area contributed by atoms with Gasteiger partial charge in [0, 0.05) is 6.61 Å². The van der Waals surface area contributed by atoms with E-state index in [0.29, 0.717) is 17.4 Å². The van der Waals surface area contributed by atoms with Crippen molar-refractivity contribution >= 4 is 0 Å². The lowest BCUT2D eigenvalue weighted by atomic mass is 9.45. The lowest BCUT2D eigenvalue weighted by Gasteiger charge is -2.60. The smallest absolute Gasteiger partial charge is 0.0431 e. The Hall–Kier alpha value is -0.0400. The molecular formula is C21H36O. The molecule has 4 aliphatic rings. The molecule has 4 aliphatic carbocycles. The van der Waals surface area contributed by atoms with Gasteiger partial charge in [-0.3, -0.25) is 0 Å². The Morgan fingerprint density at radius 1 is 0.864 bits per heavy atom. The first-order valence-electron chi connectivity index (χ1n) is 10.3. The Kier molecular flexibility index (Phi) is 4.08. The summed E-state index contributed by atoms with van der Waals surface area (Å²) in [5, 5.41) is 9.34. The van der Waals surface area contributed by atoms with E-state index in [2.05, 4.69) is 6.92 Å². The Labute approximate surface area is 137 Å². The maximum absolute atomic E-state index is 9.34. The highest BCUT2D eigenvalue weighted by molar-refractivity contribution is 5.07. The molecular weight excluding hydrogens is 268 g/mol. The van der Waals surface area contributed by atoms with E-state index in [4.69, 9.17) is 0 Å². The summed E-state index contributed by atoms with van der Waals surface area (Å²) in [6, 6.07) is 0. The second-order valence-electron chi connectivity index (χ2n) is 9.52. The number of fused-ring (bicyclic) bond motifs is 5. The van der Waals surface area contributed by atoms with Gasteiger partial charge in [0.1, 0.15) is 0 Å². The third-order valence-corrected chi connectivity index (χ3v) is 8.94. The van der Waals surface area contributed by atoms with Crippen LogP contribution in [0.2, 0.25) is 0 Å². The summed E-state index contributed by atoms with van der Waals surface area (Å²) >= 11 is 0. The molecule has 126 valence electrons. The molecule has 0 aromatic heterocycles. The van der Waals surface area contributed by atoms with E-state index in [1.54, 1.807) is 0 Å². The van der Waals surface area contributed by atoms with Crippen molar-refractivity contribution in [2.24, 2.45) is 34.5 Å². The molecule has 4 saturated carbocycles. The summed E-state index contributed by atoms with van der Waals surface area (Å²) in [5.41, 5.74) is 1.33. The minimum Gasteiger partial charge on any atom is -0.396 e. The molecule has 0 bridgehead atoms. The summed E-state index contributed by atoms with van der Waals surface area (Å²) in [6.45, 7) is 3.09. The first kappa shape index (κ1) is 15.5. The van der Waals surface area contributed by atoms with Crippen molar-refractivity contribution in [3.63, 3.8) is 0 Å². The van der Waals surface area contributed by atoms with E-state index in [9.17, 15) is 5.11 Å². The molecule has 1 heteroatoms. The van der Waals surface area contributed by atoms with E-state index in [1.807, 2.05) is 0 Å². The molecule has 0 aliphatic heterocycles. The monoisotopic (exact) mass is 304 g/mol. The maximum Gasteiger partial charge on any atom is 0.0431 e. The van der Waals surface area contributed by atoms with Crippen LogP contribution in [-0.4, -0.2) is 11.7 Å². The summed E-state index contributed by atoms with van der Waals surface area (Å²) in [7, 11) is 0. The normalized spacial score (nSPS) is 51.0. The summed E-state index contributed by atoms with van der Waals surface area (Å²) in [4.78, 5) is 0. The van der Waals surface area contributed by atoms with Crippen molar-refractivity contribution in [2.75, 3.05) is 6.61 Å². The van der Waals surface area contributed by atoms with Crippen LogP contribution in [0.4, 0.5) is 0 Å². The highest BCUT2D eigenvalue weighted by atomic mass is 16.2. The van der Waals surface area contributed by atoms with Gasteiger partial charge in [-0.05, 0) is 98.7 Å². The number of rotatable bonds is 3. The molecule has 4 rings (SSSR count). The van der Waals surface area contributed by atoms with Crippen LogP contribution < -0.4 is 0 Å². The second-order valence-corrected chi connectivity index (χ2v) is 9.52. The van der Waals surface area contributed by atoms with Gasteiger partial charge in [0.15, 0.2) is 0 Å². The minimum absolute atomic E-state index is 0.405. The van der Waals surface area contributed by atoms with Gasteiger partial charge in [-0.25, -0.2) is 0 Å². The fraction of sp³-hybridized carbons (Fsp3) is 1.00. The van der Waals surface area contributed by atoms with Gasteiger partial charge in [-0.15, -0.1) is 0 Å². The summed E-state index contributed by atoms with van der Waals surface area (Å²) in [6.07, 6.45) is 18.9. The molecule has 6 atom stereocenters. The molecule has 0 saturated heterocycles. The fourth-order valence-corrected chi connectivity index (χ4v) is 7.96. The zero-order valence-electron chi connectivity index (χ0n) is 14.7. The summed E-state index contributed by atoms with van der Waals surface area (Å²) < 4.78 is 0. The molecule has 0 amide bonds. The molecule has 1 N–H and O–H groups in total. The number of hydrogen-bond donors (Lipinski definition) is 1. The van der Waals surface area contributed by atoms with Crippen LogP contribution >= 0.6 is 0 Å². The van der Waals surface area contributed by atoms with Crippen molar-refractivity contribution in [3.8, 4) is 0 Å². The van der Waals surface area contributed by atoms with E-state index in [-0.39, 0.29) is 0 Å². The molecule has 1 unspecified atom stereocenters. The molecule has 0 spiro atoms. The highest BCUT2D eigenvalue weighted by Crippen LogP contribution is 2.67. The van der Waals surface area contributed by atoms with Crippen molar-refractivity contribution in [3.05, 3.63) is 0 Å². The zero-order valence-corrected chi connectivity index (χ0v) is 14.7. The Bertz CT molecular complexity index is 405. The molecule has 4 fully saturated rings. The van der Waals surface area contributed by atoms with Gasteiger partial charge in [-0.1, -0.05) is 26.2 Å². The predicted octanol–water partition coefficient (Wildman–Crippen LogP) is 5.56. The van der Waals surface area contributed by atoms with Gasteiger partial charge < -0.3 is 5.11 Å².